The van der Waals surface area contributed by atoms with Crippen LogP contribution in [0.4, 0.5) is 5.69 Å². The van der Waals surface area contributed by atoms with Crippen molar-refractivity contribution < 1.29 is 13.9 Å². The molecule has 0 radical (unpaired) electrons. The Morgan fingerprint density at radius 2 is 1.96 bits per heavy atom. The van der Waals surface area contributed by atoms with Gasteiger partial charge in [-0.3, -0.25) is 4.79 Å². The highest BCUT2D eigenvalue weighted by atomic mass is 32.1. The monoisotopic (exact) mass is 368 g/mol. The highest BCUT2D eigenvalue weighted by molar-refractivity contribution is 7.80. The van der Waals surface area contributed by atoms with Gasteiger partial charge in [-0.25, -0.2) is 5.43 Å². The molecule has 7 nitrogen and oxygen atoms in total. The van der Waals surface area contributed by atoms with E-state index in [1.165, 1.54) is 0 Å². The SMILES string of the molecule is COc1ccc2o/c(=N\NC(=S)Nc3ccccc3)c(C(N)=O)cc2c1. The molecule has 0 aliphatic carbocycles. The first-order valence-electron chi connectivity index (χ1n) is 7.64. The predicted octanol–water partition coefficient (Wildman–Crippen LogP) is 2.34. The van der Waals surface area contributed by atoms with Gasteiger partial charge in [0.05, 0.1) is 7.11 Å². The van der Waals surface area contributed by atoms with Gasteiger partial charge in [-0.1, -0.05) is 18.2 Å². The van der Waals surface area contributed by atoms with E-state index in [1.54, 1.807) is 31.4 Å². The van der Waals surface area contributed by atoms with Crippen LogP contribution in [0.15, 0.2) is 64.1 Å². The number of rotatable bonds is 4. The van der Waals surface area contributed by atoms with Gasteiger partial charge in [-0.05, 0) is 48.6 Å². The minimum atomic E-state index is -0.666. The Bertz CT molecular complexity index is 1030. The van der Waals surface area contributed by atoms with Crippen LogP contribution in [0.5, 0.6) is 5.75 Å². The molecule has 132 valence electrons. The summed E-state index contributed by atoms with van der Waals surface area (Å²) in [6.07, 6.45) is 0. The van der Waals surface area contributed by atoms with Crippen LogP contribution in [0, 0.1) is 0 Å². The lowest BCUT2D eigenvalue weighted by Gasteiger charge is -2.07. The molecule has 1 heterocycles. The molecule has 1 amide bonds. The third-order valence-electron chi connectivity index (χ3n) is 3.51. The summed E-state index contributed by atoms with van der Waals surface area (Å²) in [5.74, 6) is -0.0277. The van der Waals surface area contributed by atoms with Crippen LogP contribution < -0.4 is 26.8 Å². The predicted molar refractivity (Wildman–Crippen MR) is 103 cm³/mol. The van der Waals surface area contributed by atoms with Gasteiger partial charge in [-0.15, -0.1) is 5.10 Å². The standard InChI is InChI=1S/C18H16N4O3S/c1-24-13-7-8-15-11(9-13)10-14(16(19)23)17(25-15)21-22-18(26)20-12-5-3-2-4-6-12/h2-10H,1H3,(H2,19,23)(H2,20,22,26)/b21-17-. The fourth-order valence-corrected chi connectivity index (χ4v) is 2.44. The van der Waals surface area contributed by atoms with Crippen LogP contribution in [0.2, 0.25) is 0 Å². The first-order valence-corrected chi connectivity index (χ1v) is 8.05. The molecule has 3 aromatic rings. The molecule has 8 heteroatoms. The summed E-state index contributed by atoms with van der Waals surface area (Å²) in [6.45, 7) is 0. The van der Waals surface area contributed by atoms with Gasteiger partial charge >= 0.3 is 0 Å². The second-order valence-corrected chi connectivity index (χ2v) is 5.69. The van der Waals surface area contributed by atoms with E-state index in [1.807, 2.05) is 30.3 Å². The van der Waals surface area contributed by atoms with E-state index in [0.29, 0.717) is 16.7 Å². The zero-order valence-corrected chi connectivity index (χ0v) is 14.7. The number of nitrogens with zero attached hydrogens (tertiary/aromatic N) is 1. The number of anilines is 1. The second-order valence-electron chi connectivity index (χ2n) is 5.28. The van der Waals surface area contributed by atoms with E-state index in [2.05, 4.69) is 15.8 Å². The summed E-state index contributed by atoms with van der Waals surface area (Å²) in [5.41, 5.74) is 9.58. The molecule has 0 spiro atoms. The molecule has 3 rings (SSSR count). The fourth-order valence-electron chi connectivity index (χ4n) is 2.28. The highest BCUT2D eigenvalue weighted by Crippen LogP contribution is 2.20. The molecule has 4 N–H and O–H groups in total. The molecule has 0 atom stereocenters. The summed E-state index contributed by atoms with van der Waals surface area (Å²) in [5, 5.41) is 7.94. The molecule has 0 aliphatic rings. The van der Waals surface area contributed by atoms with Crippen LogP contribution >= 0.6 is 12.2 Å². The quantitative estimate of drug-likeness (QED) is 0.483. The third-order valence-corrected chi connectivity index (χ3v) is 3.70. The Kier molecular flexibility index (Phi) is 5.14. The maximum absolute atomic E-state index is 11.8. The van der Waals surface area contributed by atoms with Gasteiger partial charge in [-0.2, -0.15) is 0 Å². The van der Waals surface area contributed by atoms with E-state index >= 15 is 0 Å². The number of carbonyl (C=O) groups excluding carboxylic acids is 1. The molecule has 26 heavy (non-hydrogen) atoms. The molecule has 1 aromatic heterocycles. The zero-order valence-electron chi connectivity index (χ0n) is 13.9. The fraction of sp³-hybridized carbons (Fsp3) is 0.0556. The zero-order chi connectivity index (χ0) is 18.5. The van der Waals surface area contributed by atoms with Crippen LogP contribution in [-0.2, 0) is 0 Å². The summed E-state index contributed by atoms with van der Waals surface area (Å²) in [7, 11) is 1.56. The van der Waals surface area contributed by atoms with E-state index in [9.17, 15) is 4.79 Å². The van der Waals surface area contributed by atoms with Gasteiger partial charge in [0.1, 0.15) is 16.9 Å². The summed E-state index contributed by atoms with van der Waals surface area (Å²) in [6, 6.07) is 16.2. The average molecular weight is 368 g/mol. The lowest BCUT2D eigenvalue weighted by atomic mass is 10.1. The van der Waals surface area contributed by atoms with Gasteiger partial charge in [0.15, 0.2) is 5.11 Å². The number of hydrogen-bond donors (Lipinski definition) is 3. The number of benzene rings is 2. The third kappa shape index (κ3) is 3.98. The first-order chi connectivity index (χ1) is 12.6. The van der Waals surface area contributed by atoms with Crippen molar-refractivity contribution in [3.8, 4) is 5.75 Å². The largest absolute Gasteiger partial charge is 0.497 e. The molecule has 0 bridgehead atoms. The van der Waals surface area contributed by atoms with Crippen molar-refractivity contribution in [2.75, 3.05) is 12.4 Å². The van der Waals surface area contributed by atoms with Gasteiger partial charge in [0, 0.05) is 11.1 Å². The highest BCUT2D eigenvalue weighted by Gasteiger charge is 2.10. The van der Waals surface area contributed by atoms with Crippen LogP contribution in [0.3, 0.4) is 0 Å². The number of hydrogen-bond acceptors (Lipinski definition) is 5. The van der Waals surface area contributed by atoms with Crippen LogP contribution in [0.1, 0.15) is 10.4 Å². The number of nitrogens with one attached hydrogen (secondary N) is 2. The molecular formula is C18H16N4O3S. The van der Waals surface area contributed by atoms with Gasteiger partial charge in [0.2, 0.25) is 5.55 Å². The Morgan fingerprint density at radius 1 is 1.19 bits per heavy atom. The maximum atomic E-state index is 11.8. The van der Waals surface area contributed by atoms with Gasteiger partial charge < -0.3 is 20.2 Å². The molecule has 0 saturated carbocycles. The Morgan fingerprint density at radius 3 is 2.65 bits per heavy atom. The number of methoxy groups -OCH3 is 1. The lowest BCUT2D eigenvalue weighted by Crippen LogP contribution is -2.29. The number of primary amides is 1. The summed E-state index contributed by atoms with van der Waals surface area (Å²) < 4.78 is 10.9. The Hall–Kier alpha value is -3.39. The number of para-hydroxylation sites is 1. The van der Waals surface area contributed by atoms with Crippen molar-refractivity contribution >= 4 is 39.9 Å². The number of thiocarbonyl (C=S) groups is 1. The first kappa shape index (κ1) is 17.4. The van der Waals surface area contributed by atoms with Crippen molar-refractivity contribution in [3.63, 3.8) is 0 Å². The number of carbonyl (C=O) groups is 1. The number of fused-ring (bicyclic) bond motifs is 1. The molecular weight excluding hydrogens is 352 g/mol. The summed E-state index contributed by atoms with van der Waals surface area (Å²) >= 11 is 5.18. The van der Waals surface area contributed by atoms with Crippen LogP contribution in [-0.4, -0.2) is 18.1 Å². The van der Waals surface area contributed by atoms with Crippen molar-refractivity contribution in [2.45, 2.75) is 0 Å². The smallest absolute Gasteiger partial charge is 0.254 e. The minimum absolute atomic E-state index is 0.0346. The average Bonchev–Trinajstić information content (AvgIpc) is 2.65. The second kappa shape index (κ2) is 7.66. The number of nitrogens with two attached hydrogens (primary N) is 1. The number of amides is 1. The molecule has 0 unspecified atom stereocenters. The topological polar surface area (TPSA) is 102 Å². The molecule has 0 aliphatic heterocycles. The minimum Gasteiger partial charge on any atom is -0.497 e. The molecule has 0 saturated heterocycles. The molecule has 0 fully saturated rings. The van der Waals surface area contributed by atoms with Crippen molar-refractivity contribution in [2.24, 2.45) is 10.8 Å². The van der Waals surface area contributed by atoms with Crippen molar-refractivity contribution in [1.29, 1.82) is 0 Å². The van der Waals surface area contributed by atoms with E-state index < -0.39 is 5.91 Å². The number of ether oxygens (including phenoxy) is 1. The van der Waals surface area contributed by atoms with Crippen molar-refractivity contribution in [1.82, 2.24) is 5.43 Å². The Balaban J connectivity index is 1.92. The van der Waals surface area contributed by atoms with Crippen LogP contribution in [0.25, 0.3) is 11.0 Å². The van der Waals surface area contributed by atoms with E-state index in [0.717, 1.165) is 5.69 Å². The van der Waals surface area contributed by atoms with E-state index in [-0.39, 0.29) is 16.2 Å². The Labute approximate surface area is 154 Å². The maximum Gasteiger partial charge on any atom is 0.254 e. The molecule has 2 aromatic carbocycles. The normalized spacial score (nSPS) is 11.2. The van der Waals surface area contributed by atoms with E-state index in [4.69, 9.17) is 27.1 Å². The van der Waals surface area contributed by atoms with Gasteiger partial charge in [0.25, 0.3) is 5.91 Å². The summed E-state index contributed by atoms with van der Waals surface area (Å²) in [4.78, 5) is 11.8. The lowest BCUT2D eigenvalue weighted by molar-refractivity contribution is 0.0996. The van der Waals surface area contributed by atoms with Crippen molar-refractivity contribution in [3.05, 3.63) is 65.7 Å².